The smallest absolute Gasteiger partial charge is 0.331 e. The van der Waals surface area contributed by atoms with Gasteiger partial charge in [0, 0.05) is 22.5 Å². The molecule has 0 spiro atoms. The molecule has 2 aromatic carbocycles. The predicted octanol–water partition coefficient (Wildman–Crippen LogP) is 8.17. The molecule has 0 saturated carbocycles. The maximum absolute atomic E-state index is 13.5. The van der Waals surface area contributed by atoms with Gasteiger partial charge in [-0.3, -0.25) is 9.78 Å². The minimum atomic E-state index is -0.937. The number of ketones is 1. The lowest BCUT2D eigenvalue weighted by atomic mass is 9.82. The van der Waals surface area contributed by atoms with E-state index < -0.39 is 5.54 Å². The van der Waals surface area contributed by atoms with Crippen molar-refractivity contribution in [3.05, 3.63) is 87.9 Å². The van der Waals surface area contributed by atoms with Crippen LogP contribution in [-0.2, 0) is 22.4 Å². The zero-order valence-corrected chi connectivity index (χ0v) is 25.9. The first-order valence-corrected chi connectivity index (χ1v) is 15.7. The molecule has 5 rings (SSSR count). The predicted molar refractivity (Wildman–Crippen MR) is 170 cm³/mol. The van der Waals surface area contributed by atoms with Crippen LogP contribution in [0.5, 0.6) is 5.75 Å². The molecule has 0 fully saturated rings. The quantitative estimate of drug-likeness (QED) is 0.153. The molecule has 0 aliphatic heterocycles. The molecule has 4 aromatic rings. The van der Waals surface area contributed by atoms with E-state index in [2.05, 4.69) is 23.3 Å². The number of methoxy groups -OCH3 is 1. The van der Waals surface area contributed by atoms with Crippen LogP contribution in [-0.4, -0.2) is 36.0 Å². The van der Waals surface area contributed by atoms with Crippen LogP contribution in [0.4, 0.5) is 5.69 Å². The van der Waals surface area contributed by atoms with E-state index in [9.17, 15) is 9.59 Å². The Morgan fingerprint density at radius 1 is 1.14 bits per heavy atom. The van der Waals surface area contributed by atoms with Crippen LogP contribution < -0.4 is 10.1 Å². The second-order valence-electron chi connectivity index (χ2n) is 11.5. The largest absolute Gasteiger partial charge is 0.492 e. The van der Waals surface area contributed by atoms with E-state index in [0.29, 0.717) is 42.4 Å². The molecule has 1 N–H and O–H groups in total. The Hall–Kier alpha value is -3.42. The summed E-state index contributed by atoms with van der Waals surface area (Å²) in [7, 11) is 1.44. The van der Waals surface area contributed by atoms with Crippen molar-refractivity contribution < 1.29 is 19.1 Å². The molecule has 1 aliphatic carbocycles. The van der Waals surface area contributed by atoms with Gasteiger partial charge in [-0.25, -0.2) is 4.79 Å². The van der Waals surface area contributed by atoms with Gasteiger partial charge in [0.15, 0.2) is 5.78 Å². The van der Waals surface area contributed by atoms with Crippen molar-refractivity contribution in [3.63, 3.8) is 0 Å². The average molecular weight is 605 g/mol. The van der Waals surface area contributed by atoms with Crippen molar-refractivity contribution in [2.45, 2.75) is 57.9 Å². The van der Waals surface area contributed by atoms with Crippen molar-refractivity contribution in [2.75, 3.05) is 19.0 Å². The van der Waals surface area contributed by atoms with Gasteiger partial charge >= 0.3 is 5.97 Å². The van der Waals surface area contributed by atoms with Crippen molar-refractivity contribution in [3.8, 4) is 5.75 Å². The number of carbonyl (C=O) groups is 2. The Bertz CT molecular complexity index is 1570. The maximum Gasteiger partial charge on any atom is 0.331 e. The van der Waals surface area contributed by atoms with Gasteiger partial charge in [0.05, 0.1) is 23.9 Å². The summed E-state index contributed by atoms with van der Waals surface area (Å²) < 4.78 is 12.8. The van der Waals surface area contributed by atoms with E-state index in [1.54, 1.807) is 24.5 Å². The third-order valence-electron chi connectivity index (χ3n) is 8.27. The van der Waals surface area contributed by atoms with Crippen LogP contribution in [0.2, 0.25) is 5.02 Å². The molecule has 1 aliphatic rings. The lowest BCUT2D eigenvalue weighted by Crippen LogP contribution is -2.48. The maximum atomic E-state index is 13.5. The number of nitrogens with one attached hydrogen (secondary N) is 1. The normalized spacial score (nSPS) is 19.6. The number of nitrogens with zero attached hydrogens (tertiary/aromatic N) is 1. The highest BCUT2D eigenvalue weighted by Gasteiger charge is 2.40. The van der Waals surface area contributed by atoms with E-state index in [4.69, 9.17) is 21.1 Å². The number of benzene rings is 2. The molecule has 1 unspecified atom stereocenters. The number of aryl methyl sites for hydroxylation is 1. The first-order chi connectivity index (χ1) is 20.3. The minimum absolute atomic E-state index is 0.0345. The van der Waals surface area contributed by atoms with Gasteiger partial charge in [-0.1, -0.05) is 36.7 Å². The summed E-state index contributed by atoms with van der Waals surface area (Å²) in [6.07, 6.45) is 6.20. The molecule has 3 atom stereocenters. The van der Waals surface area contributed by atoms with Crippen LogP contribution in [0.1, 0.15) is 61.0 Å². The number of pyridine rings is 1. The van der Waals surface area contributed by atoms with Crippen molar-refractivity contribution in [1.29, 1.82) is 0 Å². The number of ether oxygens (including phenoxy) is 2. The number of esters is 1. The van der Waals surface area contributed by atoms with Gasteiger partial charge in [0.1, 0.15) is 11.3 Å². The molecule has 6 nitrogen and oxygen atoms in total. The van der Waals surface area contributed by atoms with E-state index in [0.717, 1.165) is 46.5 Å². The summed E-state index contributed by atoms with van der Waals surface area (Å²) in [4.78, 5) is 30.2. The molecule has 42 heavy (non-hydrogen) atoms. The Balaban J connectivity index is 1.41. The third-order valence-corrected chi connectivity index (χ3v) is 9.43. The van der Waals surface area contributed by atoms with Crippen LogP contribution in [0.25, 0.3) is 10.2 Å². The van der Waals surface area contributed by atoms with Crippen LogP contribution >= 0.6 is 22.9 Å². The zero-order chi connectivity index (χ0) is 29.7. The fraction of sp³-hybridized carbons (Fsp3) is 0.382. The fourth-order valence-electron chi connectivity index (χ4n) is 6.06. The van der Waals surface area contributed by atoms with Crippen LogP contribution in [0.15, 0.2) is 66.2 Å². The van der Waals surface area contributed by atoms with Crippen LogP contribution in [0, 0.1) is 11.8 Å². The highest BCUT2D eigenvalue weighted by Crippen LogP contribution is 2.36. The number of Topliss-reactive ketones (excluding diaryl/α,β-unsaturated/α-hetero) is 1. The van der Waals surface area contributed by atoms with Gasteiger partial charge < -0.3 is 14.8 Å². The lowest BCUT2D eigenvalue weighted by Gasteiger charge is -2.34. The summed E-state index contributed by atoms with van der Waals surface area (Å²) in [6, 6.07) is 17.4. The minimum Gasteiger partial charge on any atom is -0.492 e. The molecule has 2 heterocycles. The number of hydrogen-bond donors (Lipinski definition) is 1. The highest BCUT2D eigenvalue weighted by molar-refractivity contribution is 7.17. The molecule has 0 bridgehead atoms. The Kier molecular flexibility index (Phi) is 9.49. The average Bonchev–Trinajstić information content (AvgIpc) is 3.48. The number of fused-ring (bicyclic) bond motifs is 2. The first-order valence-electron chi connectivity index (χ1n) is 14.5. The molecule has 220 valence electrons. The molecular formula is C34H37ClN2O4S. The van der Waals surface area contributed by atoms with Gasteiger partial charge in [-0.2, -0.15) is 0 Å². The molecule has 0 radical (unpaired) electrons. The summed E-state index contributed by atoms with van der Waals surface area (Å²) in [5, 5.41) is 6.16. The molecule has 2 aromatic heterocycles. The molecule has 0 saturated heterocycles. The molecular weight excluding hydrogens is 568 g/mol. The fourth-order valence-corrected chi connectivity index (χ4v) is 7.07. The third kappa shape index (κ3) is 6.96. The number of carbonyl (C=O) groups excluding carboxylic acids is 2. The summed E-state index contributed by atoms with van der Waals surface area (Å²) >= 11 is 7.94. The van der Waals surface area contributed by atoms with E-state index in [1.807, 2.05) is 53.9 Å². The van der Waals surface area contributed by atoms with E-state index in [1.165, 1.54) is 12.7 Å². The summed E-state index contributed by atoms with van der Waals surface area (Å²) in [6.45, 7) is 4.40. The van der Waals surface area contributed by atoms with Crippen molar-refractivity contribution >= 4 is 50.6 Å². The van der Waals surface area contributed by atoms with Gasteiger partial charge in [-0.05, 0) is 110 Å². The zero-order valence-electron chi connectivity index (χ0n) is 24.3. The topological polar surface area (TPSA) is 77.5 Å². The second-order valence-corrected chi connectivity index (χ2v) is 12.8. The lowest BCUT2D eigenvalue weighted by molar-refractivity contribution is -0.146. The Labute approximate surface area is 256 Å². The Morgan fingerprint density at radius 2 is 2.00 bits per heavy atom. The number of hydrogen-bond acceptors (Lipinski definition) is 7. The number of anilines is 1. The Morgan fingerprint density at radius 3 is 2.79 bits per heavy atom. The van der Waals surface area contributed by atoms with Gasteiger partial charge in [-0.15, -0.1) is 11.3 Å². The number of aromatic nitrogens is 1. The first kappa shape index (κ1) is 30.1. The summed E-state index contributed by atoms with van der Waals surface area (Å²) in [5.74, 6) is 1.20. The number of halogens is 1. The van der Waals surface area contributed by atoms with Crippen LogP contribution in [0.3, 0.4) is 0 Å². The number of rotatable bonds is 9. The van der Waals surface area contributed by atoms with E-state index >= 15 is 0 Å². The van der Waals surface area contributed by atoms with Gasteiger partial charge in [0.2, 0.25) is 0 Å². The van der Waals surface area contributed by atoms with E-state index in [-0.39, 0.29) is 17.7 Å². The SMILES string of the molecule is COC(=O)[C@@]1(Nc2cccc(Cl)c2)CCc2cc(C(C)=O)ccc2CC(C[C@@H](C)COc2ccnc3ccsc23)CC1. The molecule has 0 amide bonds. The second kappa shape index (κ2) is 13.3. The monoisotopic (exact) mass is 604 g/mol. The molecule has 8 heteroatoms. The standard InChI is InChI=1S/C34H37ClN2O4S/c1-22(21-41-31-11-15-36-30-12-16-42-32(30)31)17-24-9-13-34(33(39)40-3,37-29-6-4-5-28(35)20-29)14-10-27-19-25(23(2)38)7-8-26(27)18-24/h4-8,11-12,15-16,19-20,22,24,37H,9-10,13-14,17-18,21H2,1-3H3/t22-,24?,34+/m1/s1. The number of thiophene rings is 1. The summed E-state index contributed by atoms with van der Waals surface area (Å²) in [5.41, 5.74) is 3.82. The van der Waals surface area contributed by atoms with Crippen molar-refractivity contribution in [1.82, 2.24) is 4.98 Å². The van der Waals surface area contributed by atoms with Crippen molar-refractivity contribution in [2.24, 2.45) is 11.8 Å². The highest BCUT2D eigenvalue weighted by atomic mass is 35.5. The van der Waals surface area contributed by atoms with Gasteiger partial charge in [0.25, 0.3) is 0 Å².